The van der Waals surface area contributed by atoms with Crippen molar-refractivity contribution in [2.75, 3.05) is 13.7 Å². The second-order valence-electron chi connectivity index (χ2n) is 6.73. The number of carbonyl (C=O) groups is 2. The van der Waals surface area contributed by atoms with Gasteiger partial charge in [0.05, 0.1) is 19.6 Å². The van der Waals surface area contributed by atoms with Crippen LogP contribution in [0, 0.1) is 5.41 Å². The van der Waals surface area contributed by atoms with Gasteiger partial charge >= 0.3 is 5.97 Å². The first kappa shape index (κ1) is 16.6. The van der Waals surface area contributed by atoms with Gasteiger partial charge in [-0.25, -0.2) is 0 Å². The zero-order valence-corrected chi connectivity index (χ0v) is 14.0. The van der Waals surface area contributed by atoms with Crippen molar-refractivity contribution in [1.82, 2.24) is 9.47 Å². The van der Waals surface area contributed by atoms with E-state index in [1.807, 2.05) is 24.8 Å². The van der Waals surface area contributed by atoms with E-state index in [4.69, 9.17) is 4.74 Å². The summed E-state index contributed by atoms with van der Waals surface area (Å²) in [5.41, 5.74) is 0.815. The molecule has 1 atom stereocenters. The van der Waals surface area contributed by atoms with Crippen molar-refractivity contribution < 1.29 is 14.3 Å². The summed E-state index contributed by atoms with van der Waals surface area (Å²) in [6.45, 7) is 7.55. The number of hydrogen-bond donors (Lipinski definition) is 0. The number of amides is 1. The average molecular weight is 306 g/mol. The minimum Gasteiger partial charge on any atom is -0.469 e. The number of esters is 1. The number of methoxy groups -OCH3 is 1. The van der Waals surface area contributed by atoms with Crippen LogP contribution in [0.4, 0.5) is 0 Å². The summed E-state index contributed by atoms with van der Waals surface area (Å²) < 4.78 is 6.94. The van der Waals surface area contributed by atoms with Gasteiger partial charge in [0, 0.05) is 31.4 Å². The minimum absolute atomic E-state index is 0.119. The quantitative estimate of drug-likeness (QED) is 0.786. The van der Waals surface area contributed by atoms with E-state index in [0.29, 0.717) is 6.42 Å². The molecule has 5 heteroatoms. The molecule has 22 heavy (non-hydrogen) atoms. The van der Waals surface area contributed by atoms with Crippen LogP contribution in [0.25, 0.3) is 0 Å². The van der Waals surface area contributed by atoms with Gasteiger partial charge in [-0.2, -0.15) is 0 Å². The molecule has 1 amide bonds. The predicted molar refractivity (Wildman–Crippen MR) is 84.2 cm³/mol. The molecule has 2 rings (SSSR count). The molecule has 122 valence electrons. The molecule has 0 fully saturated rings. The van der Waals surface area contributed by atoms with Crippen LogP contribution < -0.4 is 0 Å². The lowest BCUT2D eigenvalue weighted by atomic mass is 9.84. The maximum atomic E-state index is 12.7. The van der Waals surface area contributed by atoms with Gasteiger partial charge in [-0.15, -0.1) is 0 Å². The smallest absolute Gasteiger partial charge is 0.306 e. The maximum Gasteiger partial charge on any atom is 0.306 e. The molecule has 5 nitrogen and oxygen atoms in total. The molecule has 0 N–H and O–H groups in total. The second kappa shape index (κ2) is 6.55. The van der Waals surface area contributed by atoms with Crippen LogP contribution >= 0.6 is 0 Å². The summed E-state index contributed by atoms with van der Waals surface area (Å²) in [5.74, 6) is -0.148. The van der Waals surface area contributed by atoms with Crippen molar-refractivity contribution in [3.8, 4) is 0 Å². The fourth-order valence-corrected chi connectivity index (χ4v) is 3.23. The fourth-order valence-electron chi connectivity index (χ4n) is 3.23. The number of carbonyl (C=O) groups excluding carboxylic acids is 2. The van der Waals surface area contributed by atoms with Crippen molar-refractivity contribution in [2.24, 2.45) is 5.41 Å². The molecule has 0 aromatic carbocycles. The van der Waals surface area contributed by atoms with Gasteiger partial charge in [-0.1, -0.05) is 20.8 Å². The predicted octanol–water partition coefficient (Wildman–Crippen LogP) is 2.76. The molecule has 1 aromatic heterocycles. The minimum atomic E-state index is -0.387. The van der Waals surface area contributed by atoms with Crippen molar-refractivity contribution >= 4 is 11.9 Å². The van der Waals surface area contributed by atoms with Crippen LogP contribution in [0.15, 0.2) is 18.3 Å². The van der Waals surface area contributed by atoms with Gasteiger partial charge in [-0.3, -0.25) is 9.59 Å². The molecule has 0 spiro atoms. The molecule has 0 bridgehead atoms. The SMILES string of the molecule is CC[C@H]1c2cccn2CCN1C(=O)CC(C)(C)CC(=O)OC. The van der Waals surface area contributed by atoms with Crippen LogP contribution in [0.1, 0.15) is 51.8 Å². The Kier molecular flexibility index (Phi) is 4.94. The van der Waals surface area contributed by atoms with E-state index in [0.717, 1.165) is 19.5 Å². The third-order valence-corrected chi connectivity index (χ3v) is 4.35. The molecular formula is C17H26N2O3. The van der Waals surface area contributed by atoms with Crippen molar-refractivity contribution in [3.05, 3.63) is 24.0 Å². The van der Waals surface area contributed by atoms with Gasteiger partial charge in [0.25, 0.3) is 0 Å². The summed E-state index contributed by atoms with van der Waals surface area (Å²) in [5, 5.41) is 0. The highest BCUT2D eigenvalue weighted by atomic mass is 16.5. The van der Waals surface area contributed by atoms with E-state index in [-0.39, 0.29) is 29.8 Å². The Balaban J connectivity index is 2.08. The molecule has 0 aliphatic carbocycles. The number of fused-ring (bicyclic) bond motifs is 1. The zero-order chi connectivity index (χ0) is 16.3. The molecule has 0 unspecified atom stereocenters. The summed E-state index contributed by atoms with van der Waals surface area (Å²) in [6.07, 6.45) is 3.59. The van der Waals surface area contributed by atoms with Crippen LogP contribution in [-0.4, -0.2) is 35.0 Å². The molecule has 1 aromatic rings. The molecule has 2 heterocycles. The van der Waals surface area contributed by atoms with Crippen LogP contribution in [-0.2, 0) is 20.9 Å². The van der Waals surface area contributed by atoms with E-state index in [1.165, 1.54) is 12.8 Å². The summed E-state index contributed by atoms with van der Waals surface area (Å²) in [7, 11) is 1.38. The van der Waals surface area contributed by atoms with Gasteiger partial charge in [0.1, 0.15) is 0 Å². The maximum absolute atomic E-state index is 12.7. The van der Waals surface area contributed by atoms with Gasteiger partial charge in [-0.05, 0) is 24.0 Å². The number of nitrogens with zero attached hydrogens (tertiary/aromatic N) is 2. The second-order valence-corrected chi connectivity index (χ2v) is 6.73. The normalized spacial score (nSPS) is 18.0. The number of hydrogen-bond acceptors (Lipinski definition) is 3. The lowest BCUT2D eigenvalue weighted by Gasteiger charge is -2.38. The molecular weight excluding hydrogens is 280 g/mol. The summed E-state index contributed by atoms with van der Waals surface area (Å²) >= 11 is 0. The molecule has 0 saturated heterocycles. The molecule has 0 radical (unpaired) electrons. The Hall–Kier alpha value is -1.78. The first-order chi connectivity index (χ1) is 10.4. The Morgan fingerprint density at radius 3 is 2.68 bits per heavy atom. The van der Waals surface area contributed by atoms with E-state index in [2.05, 4.69) is 23.8 Å². The van der Waals surface area contributed by atoms with Crippen molar-refractivity contribution in [2.45, 2.75) is 52.6 Å². The molecule has 1 aliphatic rings. The van der Waals surface area contributed by atoms with Crippen molar-refractivity contribution in [1.29, 1.82) is 0 Å². The third-order valence-electron chi connectivity index (χ3n) is 4.35. The first-order valence-corrected chi connectivity index (χ1v) is 7.89. The number of ether oxygens (including phenoxy) is 1. The van der Waals surface area contributed by atoms with Crippen LogP contribution in [0.2, 0.25) is 0 Å². The first-order valence-electron chi connectivity index (χ1n) is 7.89. The Morgan fingerprint density at radius 1 is 1.32 bits per heavy atom. The van der Waals surface area contributed by atoms with Crippen LogP contribution in [0.5, 0.6) is 0 Å². The Labute approximate surface area is 132 Å². The van der Waals surface area contributed by atoms with E-state index in [9.17, 15) is 9.59 Å². The Morgan fingerprint density at radius 2 is 2.05 bits per heavy atom. The van der Waals surface area contributed by atoms with E-state index in [1.54, 1.807) is 0 Å². The summed E-state index contributed by atoms with van der Waals surface area (Å²) in [4.78, 5) is 26.2. The third kappa shape index (κ3) is 3.51. The van der Waals surface area contributed by atoms with Gasteiger partial charge in [0.15, 0.2) is 0 Å². The highest BCUT2D eigenvalue weighted by molar-refractivity contribution is 5.79. The Bertz CT molecular complexity index is 548. The van der Waals surface area contributed by atoms with Crippen LogP contribution in [0.3, 0.4) is 0 Å². The fraction of sp³-hybridized carbons (Fsp3) is 0.647. The zero-order valence-electron chi connectivity index (χ0n) is 14.0. The van der Waals surface area contributed by atoms with Crippen molar-refractivity contribution in [3.63, 3.8) is 0 Å². The number of rotatable bonds is 5. The van der Waals surface area contributed by atoms with E-state index >= 15 is 0 Å². The molecule has 1 aliphatic heterocycles. The highest BCUT2D eigenvalue weighted by Crippen LogP contribution is 2.33. The highest BCUT2D eigenvalue weighted by Gasteiger charge is 2.33. The largest absolute Gasteiger partial charge is 0.469 e. The summed E-state index contributed by atoms with van der Waals surface area (Å²) in [6, 6.07) is 4.26. The van der Waals surface area contributed by atoms with Gasteiger partial charge in [0.2, 0.25) is 5.91 Å². The molecule has 0 saturated carbocycles. The van der Waals surface area contributed by atoms with E-state index < -0.39 is 0 Å². The topological polar surface area (TPSA) is 51.5 Å². The lowest BCUT2D eigenvalue weighted by molar-refractivity contribution is -0.144. The lowest BCUT2D eigenvalue weighted by Crippen LogP contribution is -2.43. The standard InChI is InChI=1S/C17H26N2O3/c1-5-13-14-7-6-8-18(14)9-10-19(13)15(20)11-17(2,3)12-16(21)22-4/h6-8,13H,5,9-12H2,1-4H3/t13-/m0/s1. The average Bonchev–Trinajstić information content (AvgIpc) is 2.93. The number of aromatic nitrogens is 1. The van der Waals surface area contributed by atoms with Gasteiger partial charge < -0.3 is 14.2 Å². The monoisotopic (exact) mass is 306 g/mol.